The van der Waals surface area contributed by atoms with Gasteiger partial charge in [-0.3, -0.25) is 0 Å². The molecule has 0 N–H and O–H groups in total. The number of fused-ring (bicyclic) bond motifs is 1. The predicted octanol–water partition coefficient (Wildman–Crippen LogP) is 2.28. The highest BCUT2D eigenvalue weighted by Gasteiger charge is 2.37. The first-order valence-corrected chi connectivity index (χ1v) is 15.1. The molecule has 0 bridgehead atoms. The number of hydrogen-bond acceptors (Lipinski definition) is 8. The van der Waals surface area contributed by atoms with Crippen LogP contribution in [0.5, 0.6) is 11.5 Å². The number of rotatable bonds is 10. The molecule has 1 heterocycles. The lowest BCUT2D eigenvalue weighted by Crippen LogP contribution is -2.37. The minimum Gasteiger partial charge on any atom is -0.486 e. The Balaban J connectivity index is 2.01. The van der Waals surface area contributed by atoms with E-state index in [0.29, 0.717) is 16.1 Å². The summed E-state index contributed by atoms with van der Waals surface area (Å²) >= 11 is 0. The van der Waals surface area contributed by atoms with Crippen LogP contribution in [0.2, 0.25) is 0 Å². The molecule has 0 spiro atoms. The largest absolute Gasteiger partial charge is 0.486 e. The standard InChI is InChI=1S/C21H28N2O8S3/c1-4-13-23(34(28,29)19-11-12-20-21(16-19)31-15-14-30-20)33(26,27)18-9-7-17(8-10-18)32(24,25)22(5-2)6-3/h7-12,16H,4-6,13-15H2,1-3H3. The zero-order valence-electron chi connectivity index (χ0n) is 19.2. The average Bonchev–Trinajstić information content (AvgIpc) is 2.82. The molecule has 10 nitrogen and oxygen atoms in total. The Morgan fingerprint density at radius 1 is 0.676 bits per heavy atom. The molecule has 0 aliphatic carbocycles. The van der Waals surface area contributed by atoms with Gasteiger partial charge in [-0.1, -0.05) is 24.5 Å². The second kappa shape index (κ2) is 10.2. The van der Waals surface area contributed by atoms with Gasteiger partial charge in [0.1, 0.15) is 13.2 Å². The van der Waals surface area contributed by atoms with E-state index >= 15 is 0 Å². The fraction of sp³-hybridized carbons (Fsp3) is 0.429. The Morgan fingerprint density at radius 2 is 1.15 bits per heavy atom. The van der Waals surface area contributed by atoms with Gasteiger partial charge < -0.3 is 9.47 Å². The summed E-state index contributed by atoms with van der Waals surface area (Å²) in [5.41, 5.74) is 0. The van der Waals surface area contributed by atoms with Gasteiger partial charge in [0.05, 0.1) is 14.7 Å². The SMILES string of the molecule is CCCN(S(=O)(=O)c1ccc(S(=O)(=O)N(CC)CC)cc1)S(=O)(=O)c1ccc2c(c1)OCCO2. The summed E-state index contributed by atoms with van der Waals surface area (Å²) in [6.07, 6.45) is 0.234. The van der Waals surface area contributed by atoms with Crippen LogP contribution in [0.25, 0.3) is 0 Å². The number of hydrogen-bond donors (Lipinski definition) is 0. The van der Waals surface area contributed by atoms with E-state index in [0.717, 1.165) is 12.1 Å². The van der Waals surface area contributed by atoms with E-state index in [1.807, 2.05) is 0 Å². The molecule has 2 aromatic carbocycles. The third-order valence-electron chi connectivity index (χ3n) is 5.22. The van der Waals surface area contributed by atoms with Gasteiger partial charge in [-0.05, 0) is 42.8 Å². The minimum atomic E-state index is -4.52. The first kappa shape index (κ1) is 26.4. The summed E-state index contributed by atoms with van der Waals surface area (Å²) in [7, 11) is -12.8. The highest BCUT2D eigenvalue weighted by molar-refractivity contribution is 8.04. The molecular formula is C21H28N2O8S3. The fourth-order valence-corrected chi connectivity index (χ4v) is 8.77. The van der Waals surface area contributed by atoms with Crippen LogP contribution in [0.3, 0.4) is 0 Å². The van der Waals surface area contributed by atoms with Gasteiger partial charge in [-0.25, -0.2) is 25.3 Å². The van der Waals surface area contributed by atoms with E-state index in [2.05, 4.69) is 0 Å². The van der Waals surface area contributed by atoms with Crippen LogP contribution in [0.4, 0.5) is 0 Å². The summed E-state index contributed by atoms with van der Waals surface area (Å²) in [5.74, 6) is 0.590. The maximum Gasteiger partial charge on any atom is 0.256 e. The summed E-state index contributed by atoms with van der Waals surface area (Å²) in [6, 6.07) is 8.47. The second-order valence-electron chi connectivity index (χ2n) is 7.37. The van der Waals surface area contributed by atoms with Crippen LogP contribution in [0.1, 0.15) is 27.2 Å². The zero-order chi connectivity index (χ0) is 25.1. The molecule has 13 heteroatoms. The molecule has 0 radical (unpaired) electrons. The van der Waals surface area contributed by atoms with Crippen LogP contribution in [0.15, 0.2) is 57.2 Å². The number of nitrogens with zero attached hydrogens (tertiary/aromatic N) is 2. The molecule has 34 heavy (non-hydrogen) atoms. The van der Waals surface area contributed by atoms with E-state index in [1.54, 1.807) is 20.8 Å². The van der Waals surface area contributed by atoms with Gasteiger partial charge in [-0.15, -0.1) is 0 Å². The molecule has 188 valence electrons. The molecule has 0 unspecified atom stereocenters. The summed E-state index contributed by atoms with van der Waals surface area (Å²) < 4.78 is 91.4. The van der Waals surface area contributed by atoms with Crippen molar-refractivity contribution in [2.24, 2.45) is 0 Å². The van der Waals surface area contributed by atoms with E-state index in [-0.39, 0.29) is 53.1 Å². The third kappa shape index (κ3) is 4.93. The van der Waals surface area contributed by atoms with Crippen LogP contribution in [-0.2, 0) is 30.1 Å². The molecule has 0 saturated heterocycles. The summed E-state index contributed by atoms with van der Waals surface area (Å²) in [4.78, 5) is -0.665. The van der Waals surface area contributed by atoms with Crippen molar-refractivity contribution in [2.45, 2.75) is 41.9 Å². The van der Waals surface area contributed by atoms with Crippen molar-refractivity contribution < 1.29 is 34.7 Å². The monoisotopic (exact) mass is 532 g/mol. The maximum atomic E-state index is 13.4. The van der Waals surface area contributed by atoms with Crippen molar-refractivity contribution >= 4 is 30.1 Å². The Bertz CT molecular complexity index is 1330. The van der Waals surface area contributed by atoms with Gasteiger partial charge >= 0.3 is 0 Å². The van der Waals surface area contributed by atoms with Gasteiger partial charge in [-0.2, -0.15) is 4.31 Å². The van der Waals surface area contributed by atoms with Crippen molar-refractivity contribution in [3.8, 4) is 11.5 Å². The minimum absolute atomic E-state index is 0.0770. The maximum absolute atomic E-state index is 13.4. The van der Waals surface area contributed by atoms with Gasteiger partial charge in [0.25, 0.3) is 20.0 Å². The second-order valence-corrected chi connectivity index (χ2v) is 13.3. The van der Waals surface area contributed by atoms with E-state index < -0.39 is 30.1 Å². The van der Waals surface area contributed by atoms with Crippen LogP contribution in [-0.4, -0.2) is 66.1 Å². The molecule has 0 aromatic heterocycles. The first-order valence-electron chi connectivity index (χ1n) is 10.8. The molecule has 0 amide bonds. The molecule has 0 fully saturated rings. The van der Waals surface area contributed by atoms with E-state index in [4.69, 9.17) is 9.47 Å². The van der Waals surface area contributed by atoms with E-state index in [1.165, 1.54) is 34.6 Å². The Hall–Kier alpha value is -2.19. The first-order chi connectivity index (χ1) is 16.0. The Morgan fingerprint density at radius 3 is 1.68 bits per heavy atom. The van der Waals surface area contributed by atoms with Crippen molar-refractivity contribution in [2.75, 3.05) is 32.8 Å². The predicted molar refractivity (Wildman–Crippen MR) is 125 cm³/mol. The molecule has 0 saturated carbocycles. The Kier molecular flexibility index (Phi) is 7.92. The smallest absolute Gasteiger partial charge is 0.256 e. The normalized spacial score (nSPS) is 14.5. The van der Waals surface area contributed by atoms with Crippen molar-refractivity contribution in [3.05, 3.63) is 42.5 Å². The van der Waals surface area contributed by atoms with Gasteiger partial charge in [0, 0.05) is 25.7 Å². The number of sulfonamides is 3. The molecular weight excluding hydrogens is 504 g/mol. The summed E-state index contributed by atoms with van der Waals surface area (Å²) in [6.45, 7) is 5.86. The third-order valence-corrected chi connectivity index (χ3v) is 11.6. The fourth-order valence-electron chi connectivity index (χ4n) is 3.47. The van der Waals surface area contributed by atoms with Crippen molar-refractivity contribution in [1.29, 1.82) is 0 Å². The molecule has 1 aliphatic rings. The van der Waals surface area contributed by atoms with Crippen molar-refractivity contribution in [1.82, 2.24) is 8.02 Å². The number of ether oxygens (including phenoxy) is 2. The number of benzene rings is 2. The highest BCUT2D eigenvalue weighted by Crippen LogP contribution is 2.34. The lowest BCUT2D eigenvalue weighted by atomic mass is 10.3. The molecule has 1 aliphatic heterocycles. The zero-order valence-corrected chi connectivity index (χ0v) is 21.6. The Labute approximate surface area is 201 Å². The lowest BCUT2D eigenvalue weighted by molar-refractivity contribution is 0.171. The van der Waals surface area contributed by atoms with Crippen LogP contribution in [0, 0.1) is 0 Å². The topological polar surface area (TPSA) is 127 Å². The lowest BCUT2D eigenvalue weighted by Gasteiger charge is -2.23. The average molecular weight is 533 g/mol. The quantitative estimate of drug-likeness (QED) is 0.456. The van der Waals surface area contributed by atoms with Gasteiger partial charge in [0.15, 0.2) is 11.5 Å². The van der Waals surface area contributed by atoms with E-state index in [9.17, 15) is 25.3 Å². The molecule has 2 aromatic rings. The van der Waals surface area contributed by atoms with Gasteiger partial charge in [0.2, 0.25) is 10.0 Å². The molecule has 3 rings (SSSR count). The highest BCUT2D eigenvalue weighted by atomic mass is 32.3. The van der Waals surface area contributed by atoms with Crippen LogP contribution >= 0.6 is 0 Å². The van der Waals surface area contributed by atoms with Crippen molar-refractivity contribution in [3.63, 3.8) is 0 Å². The molecule has 0 atom stereocenters. The summed E-state index contributed by atoms with van der Waals surface area (Å²) in [5, 5.41) is 0. The van der Waals surface area contributed by atoms with Crippen LogP contribution < -0.4 is 9.47 Å².